The van der Waals surface area contributed by atoms with E-state index in [2.05, 4.69) is 10.4 Å². The molecule has 0 saturated heterocycles. The Morgan fingerprint density at radius 2 is 1.92 bits per heavy atom. The van der Waals surface area contributed by atoms with E-state index in [1.165, 1.54) is 23.1 Å². The fraction of sp³-hybridized carbons (Fsp3) is 0.118. The van der Waals surface area contributed by atoms with Gasteiger partial charge in [-0.3, -0.25) is 4.79 Å². The van der Waals surface area contributed by atoms with Gasteiger partial charge >= 0.3 is 0 Å². The number of benzene rings is 2. The molecular weight excluding hydrogens is 394 g/mol. The van der Waals surface area contributed by atoms with E-state index in [-0.39, 0.29) is 11.2 Å². The third-order valence-electron chi connectivity index (χ3n) is 3.29. The van der Waals surface area contributed by atoms with Crippen LogP contribution in [0.3, 0.4) is 0 Å². The average Bonchev–Trinajstić information content (AvgIpc) is 2.98. The Balaban J connectivity index is 1.68. The van der Waals surface area contributed by atoms with Crippen LogP contribution in [0.25, 0.3) is 5.69 Å². The minimum atomic E-state index is -0.305. The number of para-hydroxylation sites is 1. The highest BCUT2D eigenvalue weighted by Gasteiger charge is 2.17. The topological polar surface area (TPSA) is 46.9 Å². The molecule has 1 aromatic heterocycles. The van der Waals surface area contributed by atoms with Crippen molar-refractivity contribution in [3.63, 3.8) is 0 Å². The predicted molar refractivity (Wildman–Crippen MR) is 108 cm³/mol. The van der Waals surface area contributed by atoms with Crippen LogP contribution < -0.4 is 5.32 Å². The van der Waals surface area contributed by atoms with Gasteiger partial charge in [-0.25, -0.2) is 4.68 Å². The number of aromatic nitrogens is 2. The molecular formula is C17H14ClN3OS3. The normalized spacial score (nSPS) is 11.9. The van der Waals surface area contributed by atoms with Crippen molar-refractivity contribution >= 4 is 58.5 Å². The molecule has 25 heavy (non-hydrogen) atoms. The summed E-state index contributed by atoms with van der Waals surface area (Å²) >= 11 is 14.0. The minimum absolute atomic E-state index is 0.0975. The second-order valence-electron chi connectivity index (χ2n) is 5.14. The molecule has 8 heteroatoms. The highest BCUT2D eigenvalue weighted by molar-refractivity contribution is 8.02. The number of rotatable bonds is 5. The molecule has 0 aliphatic heterocycles. The first-order valence-electron chi connectivity index (χ1n) is 7.41. The lowest BCUT2D eigenvalue weighted by Gasteiger charge is -2.10. The molecule has 0 unspecified atom stereocenters. The van der Waals surface area contributed by atoms with Crippen molar-refractivity contribution in [2.24, 2.45) is 0 Å². The van der Waals surface area contributed by atoms with Crippen LogP contribution in [0.5, 0.6) is 0 Å². The SMILES string of the molecule is C[C@@H](Sc1nn(-c2ccccc2)c(=S)s1)C(=O)Nc1ccc(Cl)cc1. The van der Waals surface area contributed by atoms with Crippen molar-refractivity contribution in [1.82, 2.24) is 9.78 Å². The molecule has 1 atom stereocenters. The Morgan fingerprint density at radius 3 is 2.60 bits per heavy atom. The van der Waals surface area contributed by atoms with Crippen molar-refractivity contribution in [2.45, 2.75) is 16.5 Å². The quantitative estimate of drug-likeness (QED) is 0.452. The summed E-state index contributed by atoms with van der Waals surface area (Å²) in [7, 11) is 0. The summed E-state index contributed by atoms with van der Waals surface area (Å²) in [4.78, 5) is 12.3. The molecule has 0 radical (unpaired) electrons. The second kappa shape index (κ2) is 8.14. The molecule has 1 heterocycles. The molecule has 3 rings (SSSR count). The molecule has 2 aromatic carbocycles. The number of nitrogens with one attached hydrogen (secondary N) is 1. The summed E-state index contributed by atoms with van der Waals surface area (Å²) < 4.78 is 3.12. The fourth-order valence-corrected chi connectivity index (χ4v) is 4.65. The van der Waals surface area contributed by atoms with Gasteiger partial charge in [-0.15, -0.1) is 5.10 Å². The van der Waals surface area contributed by atoms with E-state index in [9.17, 15) is 4.79 Å². The van der Waals surface area contributed by atoms with Crippen LogP contribution in [0.2, 0.25) is 5.02 Å². The Morgan fingerprint density at radius 1 is 1.24 bits per heavy atom. The largest absolute Gasteiger partial charge is 0.325 e. The van der Waals surface area contributed by atoms with Gasteiger partial charge < -0.3 is 5.32 Å². The summed E-state index contributed by atoms with van der Waals surface area (Å²) in [6.07, 6.45) is 0. The first kappa shape index (κ1) is 18.1. The van der Waals surface area contributed by atoms with Crippen LogP contribution in [0.1, 0.15) is 6.92 Å². The fourth-order valence-electron chi connectivity index (χ4n) is 2.02. The molecule has 0 saturated carbocycles. The lowest BCUT2D eigenvalue weighted by Crippen LogP contribution is -2.22. The van der Waals surface area contributed by atoms with Crippen LogP contribution in [0.15, 0.2) is 58.9 Å². The van der Waals surface area contributed by atoms with Gasteiger partial charge in [0.25, 0.3) is 0 Å². The van der Waals surface area contributed by atoms with Crippen LogP contribution in [-0.2, 0) is 4.79 Å². The summed E-state index contributed by atoms with van der Waals surface area (Å²) in [5, 5.41) is 7.71. The van der Waals surface area contributed by atoms with Gasteiger partial charge in [-0.1, -0.05) is 52.9 Å². The first-order chi connectivity index (χ1) is 12.0. The first-order valence-corrected chi connectivity index (χ1v) is 9.90. The van der Waals surface area contributed by atoms with E-state index in [0.717, 1.165) is 10.0 Å². The van der Waals surface area contributed by atoms with Crippen LogP contribution in [0, 0.1) is 3.95 Å². The summed E-state index contributed by atoms with van der Waals surface area (Å²) in [6, 6.07) is 16.7. The Bertz CT molecular complexity index is 922. The third kappa shape index (κ3) is 4.70. The zero-order valence-electron chi connectivity index (χ0n) is 13.2. The monoisotopic (exact) mass is 407 g/mol. The number of hydrogen-bond donors (Lipinski definition) is 1. The van der Waals surface area contributed by atoms with E-state index in [1.54, 1.807) is 28.9 Å². The molecule has 1 amide bonds. The average molecular weight is 408 g/mol. The van der Waals surface area contributed by atoms with Crippen LogP contribution >= 0.6 is 46.9 Å². The maximum atomic E-state index is 12.3. The number of halogens is 1. The molecule has 0 spiro atoms. The number of anilines is 1. The van der Waals surface area contributed by atoms with E-state index >= 15 is 0 Å². The Labute approximate surface area is 163 Å². The van der Waals surface area contributed by atoms with Crippen molar-refractivity contribution < 1.29 is 4.79 Å². The van der Waals surface area contributed by atoms with Crippen molar-refractivity contribution in [2.75, 3.05) is 5.32 Å². The van der Waals surface area contributed by atoms with Crippen LogP contribution in [0.4, 0.5) is 5.69 Å². The van der Waals surface area contributed by atoms with Gasteiger partial charge in [0.2, 0.25) is 5.91 Å². The van der Waals surface area contributed by atoms with Crippen molar-refractivity contribution in [3.05, 3.63) is 63.6 Å². The molecule has 0 bridgehead atoms. The number of amides is 1. The summed E-state index contributed by atoms with van der Waals surface area (Å²) in [5.41, 5.74) is 1.62. The van der Waals surface area contributed by atoms with Gasteiger partial charge in [-0.2, -0.15) is 0 Å². The molecule has 128 valence electrons. The van der Waals surface area contributed by atoms with E-state index < -0.39 is 0 Å². The number of thioether (sulfide) groups is 1. The minimum Gasteiger partial charge on any atom is -0.325 e. The number of nitrogens with zero attached hydrogens (tertiary/aromatic N) is 2. The van der Waals surface area contributed by atoms with Crippen molar-refractivity contribution in [1.29, 1.82) is 0 Å². The van der Waals surface area contributed by atoms with E-state index in [0.29, 0.717) is 14.7 Å². The number of carbonyl (C=O) groups excluding carboxylic acids is 1. The third-order valence-corrected chi connectivity index (χ3v) is 5.96. The zero-order valence-corrected chi connectivity index (χ0v) is 16.4. The number of carbonyl (C=O) groups is 1. The molecule has 3 aromatic rings. The molecule has 4 nitrogen and oxygen atoms in total. The van der Waals surface area contributed by atoms with Crippen molar-refractivity contribution in [3.8, 4) is 5.69 Å². The van der Waals surface area contributed by atoms with Crippen LogP contribution in [-0.4, -0.2) is 20.9 Å². The van der Waals surface area contributed by atoms with Gasteiger partial charge in [-0.05, 0) is 55.5 Å². The molecule has 0 aliphatic carbocycles. The smallest absolute Gasteiger partial charge is 0.237 e. The highest BCUT2D eigenvalue weighted by Crippen LogP contribution is 2.28. The van der Waals surface area contributed by atoms with Gasteiger partial charge in [0.1, 0.15) is 0 Å². The predicted octanol–water partition coefficient (Wildman–Crippen LogP) is 5.44. The lowest BCUT2D eigenvalue weighted by atomic mass is 10.3. The maximum absolute atomic E-state index is 12.3. The maximum Gasteiger partial charge on any atom is 0.237 e. The Hall–Kier alpha value is -1.67. The standard InChI is InChI=1S/C17H14ClN3OS3/c1-11(15(22)19-13-9-7-12(18)8-10-13)24-16-20-21(17(23)25-16)14-5-3-2-4-6-14/h2-11H,1H3,(H,19,22)/t11-/m1/s1. The lowest BCUT2D eigenvalue weighted by molar-refractivity contribution is -0.115. The molecule has 1 N–H and O–H groups in total. The number of hydrogen-bond acceptors (Lipinski definition) is 5. The van der Waals surface area contributed by atoms with E-state index in [4.69, 9.17) is 23.8 Å². The Kier molecular flexibility index (Phi) is 5.90. The molecule has 0 fully saturated rings. The summed E-state index contributed by atoms with van der Waals surface area (Å²) in [5.74, 6) is -0.0975. The highest BCUT2D eigenvalue weighted by atomic mass is 35.5. The van der Waals surface area contributed by atoms with Gasteiger partial charge in [0, 0.05) is 10.7 Å². The summed E-state index contributed by atoms with van der Waals surface area (Å²) in [6.45, 7) is 1.84. The van der Waals surface area contributed by atoms with E-state index in [1.807, 2.05) is 37.3 Å². The second-order valence-corrected chi connectivity index (χ2v) is 8.78. The van der Waals surface area contributed by atoms with Gasteiger partial charge in [0.05, 0.1) is 10.9 Å². The zero-order chi connectivity index (χ0) is 17.8. The van der Waals surface area contributed by atoms with Gasteiger partial charge in [0.15, 0.2) is 8.29 Å². The molecule has 0 aliphatic rings.